The summed E-state index contributed by atoms with van der Waals surface area (Å²) >= 11 is 0. The molecule has 0 unspecified atom stereocenters. The number of rotatable bonds is 3. The van der Waals surface area contributed by atoms with Crippen molar-refractivity contribution >= 4 is 5.91 Å². The highest BCUT2D eigenvalue weighted by Gasteiger charge is 2.25. The minimum Gasteiger partial charge on any atom is -0.349 e. The molecule has 1 aliphatic carbocycles. The number of amides is 1. The lowest BCUT2D eigenvalue weighted by Crippen LogP contribution is -2.25. The second-order valence-electron chi connectivity index (χ2n) is 4.78. The second-order valence-corrected chi connectivity index (χ2v) is 4.78. The van der Waals surface area contributed by atoms with Crippen molar-refractivity contribution in [2.45, 2.75) is 25.8 Å². The second kappa shape index (κ2) is 4.29. The number of nitrogens with one attached hydrogen (secondary N) is 2. The highest BCUT2D eigenvalue weighted by Crippen LogP contribution is 2.26. The Hall–Kier alpha value is -2.10. The number of H-pyrrole nitrogens is 1. The summed E-state index contributed by atoms with van der Waals surface area (Å²) in [4.78, 5) is 12.2. The van der Waals surface area contributed by atoms with E-state index in [1.807, 2.05) is 31.3 Å². The summed E-state index contributed by atoms with van der Waals surface area (Å²) in [6.45, 7) is 2.02. The van der Waals surface area contributed by atoms with E-state index in [1.165, 1.54) is 0 Å². The summed E-state index contributed by atoms with van der Waals surface area (Å²) in [5.41, 5.74) is 3.73. The fraction of sp³-hybridized carbons (Fsp3) is 0.286. The van der Waals surface area contributed by atoms with Crippen molar-refractivity contribution in [2.75, 3.05) is 0 Å². The topological polar surface area (TPSA) is 57.8 Å². The molecular weight excluding hydrogens is 226 g/mol. The fourth-order valence-electron chi connectivity index (χ4n) is 1.98. The number of hydrogen-bond donors (Lipinski definition) is 2. The van der Waals surface area contributed by atoms with Crippen LogP contribution in [-0.4, -0.2) is 22.1 Å². The van der Waals surface area contributed by atoms with E-state index in [4.69, 9.17) is 0 Å². The number of aromatic nitrogens is 2. The largest absolute Gasteiger partial charge is 0.349 e. The Morgan fingerprint density at radius 2 is 2.28 bits per heavy atom. The molecule has 0 aliphatic heterocycles. The molecule has 3 rings (SSSR count). The molecule has 1 heterocycles. The Morgan fingerprint density at radius 1 is 1.44 bits per heavy atom. The molecule has 1 aromatic heterocycles. The van der Waals surface area contributed by atoms with E-state index in [1.54, 1.807) is 6.20 Å². The number of hydrogen-bond acceptors (Lipinski definition) is 2. The third-order valence-corrected chi connectivity index (χ3v) is 3.14. The first kappa shape index (κ1) is 11.0. The Kier molecular flexibility index (Phi) is 2.63. The summed E-state index contributed by atoms with van der Waals surface area (Å²) in [6.07, 6.45) is 5.74. The van der Waals surface area contributed by atoms with Crippen molar-refractivity contribution in [1.82, 2.24) is 15.5 Å². The van der Waals surface area contributed by atoms with Crippen molar-refractivity contribution in [2.24, 2.45) is 0 Å². The van der Waals surface area contributed by atoms with Crippen molar-refractivity contribution < 1.29 is 4.79 Å². The molecule has 92 valence electrons. The first-order valence-electron chi connectivity index (χ1n) is 6.15. The van der Waals surface area contributed by atoms with Crippen LogP contribution in [0, 0.1) is 6.92 Å². The molecule has 1 saturated carbocycles. The van der Waals surface area contributed by atoms with E-state index in [0.717, 1.165) is 29.5 Å². The SMILES string of the molecule is Cc1ccc(C(=O)NC2CC2)c(-c2cn[nH]c2)c1. The molecule has 0 bridgehead atoms. The number of aryl methyl sites for hydroxylation is 1. The highest BCUT2D eigenvalue weighted by molar-refractivity contribution is 6.01. The van der Waals surface area contributed by atoms with Crippen LogP contribution in [0.3, 0.4) is 0 Å². The lowest BCUT2D eigenvalue weighted by molar-refractivity contribution is 0.0951. The van der Waals surface area contributed by atoms with Gasteiger partial charge in [0.1, 0.15) is 0 Å². The van der Waals surface area contributed by atoms with E-state index in [-0.39, 0.29) is 5.91 Å². The molecular formula is C14H15N3O. The third kappa shape index (κ3) is 2.14. The molecule has 0 saturated heterocycles. The first-order chi connectivity index (χ1) is 8.74. The standard InChI is InChI=1S/C14H15N3O/c1-9-2-5-12(14(18)17-11-3-4-11)13(6-9)10-7-15-16-8-10/h2,5-8,11H,3-4H2,1H3,(H,15,16)(H,17,18). The van der Waals surface area contributed by atoms with Gasteiger partial charge in [0.05, 0.1) is 6.20 Å². The Bertz CT molecular complexity index is 571. The van der Waals surface area contributed by atoms with Crippen LogP contribution in [0.25, 0.3) is 11.1 Å². The van der Waals surface area contributed by atoms with Crippen LogP contribution in [0.15, 0.2) is 30.6 Å². The van der Waals surface area contributed by atoms with Gasteiger partial charge in [-0.3, -0.25) is 9.89 Å². The first-order valence-corrected chi connectivity index (χ1v) is 6.15. The zero-order valence-corrected chi connectivity index (χ0v) is 10.2. The molecule has 2 aromatic rings. The van der Waals surface area contributed by atoms with Gasteiger partial charge in [0.2, 0.25) is 0 Å². The highest BCUT2D eigenvalue weighted by atomic mass is 16.1. The molecule has 1 fully saturated rings. The van der Waals surface area contributed by atoms with Crippen LogP contribution in [0.5, 0.6) is 0 Å². The van der Waals surface area contributed by atoms with Gasteiger partial charge < -0.3 is 5.32 Å². The van der Waals surface area contributed by atoms with Gasteiger partial charge in [-0.15, -0.1) is 0 Å². The lowest BCUT2D eigenvalue weighted by atomic mass is 9.99. The van der Waals surface area contributed by atoms with Crippen molar-refractivity contribution in [3.63, 3.8) is 0 Å². The summed E-state index contributed by atoms with van der Waals surface area (Å²) < 4.78 is 0. The molecule has 0 atom stereocenters. The van der Waals surface area contributed by atoms with E-state index in [0.29, 0.717) is 11.6 Å². The predicted molar refractivity (Wildman–Crippen MR) is 69.2 cm³/mol. The lowest BCUT2D eigenvalue weighted by Gasteiger charge is -2.09. The zero-order valence-electron chi connectivity index (χ0n) is 10.2. The summed E-state index contributed by atoms with van der Waals surface area (Å²) in [5, 5.41) is 9.75. The molecule has 1 aliphatic rings. The van der Waals surface area contributed by atoms with Crippen LogP contribution in [-0.2, 0) is 0 Å². The smallest absolute Gasteiger partial charge is 0.252 e. The summed E-state index contributed by atoms with van der Waals surface area (Å²) in [7, 11) is 0. The maximum absolute atomic E-state index is 12.2. The van der Waals surface area contributed by atoms with Crippen LogP contribution < -0.4 is 5.32 Å². The normalized spacial score (nSPS) is 14.5. The predicted octanol–water partition coefficient (Wildman–Crippen LogP) is 2.28. The summed E-state index contributed by atoms with van der Waals surface area (Å²) in [6, 6.07) is 6.24. The molecule has 0 spiro atoms. The number of nitrogens with zero attached hydrogens (tertiary/aromatic N) is 1. The van der Waals surface area contributed by atoms with Gasteiger partial charge in [-0.25, -0.2) is 0 Å². The Morgan fingerprint density at radius 3 is 2.94 bits per heavy atom. The Labute approximate surface area is 105 Å². The van der Waals surface area contributed by atoms with E-state index in [9.17, 15) is 4.79 Å². The average Bonchev–Trinajstić information content (AvgIpc) is 3.00. The molecule has 4 heteroatoms. The number of carbonyl (C=O) groups excluding carboxylic acids is 1. The monoisotopic (exact) mass is 241 g/mol. The quantitative estimate of drug-likeness (QED) is 0.866. The van der Waals surface area contributed by atoms with Crippen molar-refractivity contribution in [3.8, 4) is 11.1 Å². The maximum atomic E-state index is 12.2. The van der Waals surface area contributed by atoms with E-state index >= 15 is 0 Å². The van der Waals surface area contributed by atoms with Gasteiger partial charge in [0.15, 0.2) is 0 Å². The van der Waals surface area contributed by atoms with E-state index in [2.05, 4.69) is 15.5 Å². The molecule has 0 radical (unpaired) electrons. The van der Waals surface area contributed by atoms with Gasteiger partial charge in [0.25, 0.3) is 5.91 Å². The van der Waals surface area contributed by atoms with Crippen LogP contribution in [0.2, 0.25) is 0 Å². The maximum Gasteiger partial charge on any atom is 0.252 e. The number of benzene rings is 1. The van der Waals surface area contributed by atoms with Gasteiger partial charge in [-0.2, -0.15) is 5.10 Å². The van der Waals surface area contributed by atoms with Crippen LogP contribution in [0.1, 0.15) is 28.8 Å². The van der Waals surface area contributed by atoms with Gasteiger partial charge in [0, 0.05) is 23.4 Å². The van der Waals surface area contributed by atoms with Gasteiger partial charge in [-0.05, 0) is 31.4 Å². The van der Waals surface area contributed by atoms with Crippen molar-refractivity contribution in [3.05, 3.63) is 41.7 Å². The van der Waals surface area contributed by atoms with Gasteiger partial charge in [-0.1, -0.05) is 17.7 Å². The van der Waals surface area contributed by atoms with Crippen LogP contribution in [0.4, 0.5) is 0 Å². The minimum absolute atomic E-state index is 0.00806. The van der Waals surface area contributed by atoms with E-state index < -0.39 is 0 Å². The van der Waals surface area contributed by atoms with Crippen LogP contribution >= 0.6 is 0 Å². The third-order valence-electron chi connectivity index (χ3n) is 3.14. The molecule has 1 amide bonds. The molecule has 4 nitrogen and oxygen atoms in total. The van der Waals surface area contributed by atoms with Gasteiger partial charge >= 0.3 is 0 Å². The Balaban J connectivity index is 1.99. The summed E-state index contributed by atoms with van der Waals surface area (Å²) in [5.74, 6) is 0.00806. The molecule has 2 N–H and O–H groups in total. The number of aromatic amines is 1. The van der Waals surface area contributed by atoms with Crippen molar-refractivity contribution in [1.29, 1.82) is 0 Å². The fourth-order valence-corrected chi connectivity index (χ4v) is 1.98. The number of carbonyl (C=O) groups is 1. The average molecular weight is 241 g/mol. The molecule has 1 aromatic carbocycles. The zero-order chi connectivity index (χ0) is 12.5. The molecule has 18 heavy (non-hydrogen) atoms. The minimum atomic E-state index is 0.00806.